The molecule has 1 fully saturated rings. The lowest BCUT2D eigenvalue weighted by molar-refractivity contribution is -0.144. The second kappa shape index (κ2) is 7.76. The number of ether oxygens (including phenoxy) is 1. The molecule has 0 aliphatic carbocycles. The highest BCUT2D eigenvalue weighted by atomic mass is 35.5. The molecule has 22 heavy (non-hydrogen) atoms. The quantitative estimate of drug-likeness (QED) is 0.746. The SMILES string of the molecule is O=C(O)C(CNCc1cc(Cl)cc(F)c1O)C1CCOCC1. The summed E-state index contributed by atoms with van der Waals surface area (Å²) < 4.78 is 18.6. The lowest BCUT2D eigenvalue weighted by Crippen LogP contribution is -2.36. The van der Waals surface area contributed by atoms with Gasteiger partial charge in [-0.05, 0) is 30.9 Å². The van der Waals surface area contributed by atoms with E-state index in [-0.39, 0.29) is 24.0 Å². The Bertz CT molecular complexity index is 535. The molecule has 0 saturated carbocycles. The molecule has 2 rings (SSSR count). The highest BCUT2D eigenvalue weighted by Crippen LogP contribution is 2.26. The van der Waals surface area contributed by atoms with Crippen molar-refractivity contribution in [3.05, 3.63) is 28.5 Å². The monoisotopic (exact) mass is 331 g/mol. The lowest BCUT2D eigenvalue weighted by Gasteiger charge is -2.27. The molecule has 1 aromatic carbocycles. The third-order valence-electron chi connectivity index (χ3n) is 3.94. The molecule has 1 heterocycles. The predicted octanol–water partition coefficient (Wildman–Crippen LogP) is 2.40. The molecule has 5 nitrogen and oxygen atoms in total. The van der Waals surface area contributed by atoms with Crippen LogP contribution in [0.2, 0.25) is 5.02 Å². The Morgan fingerprint density at radius 2 is 2.14 bits per heavy atom. The van der Waals surface area contributed by atoms with Gasteiger partial charge in [0.05, 0.1) is 5.92 Å². The van der Waals surface area contributed by atoms with Crippen LogP contribution in [0.3, 0.4) is 0 Å². The maximum Gasteiger partial charge on any atom is 0.308 e. The number of carbonyl (C=O) groups is 1. The second-order valence-electron chi connectivity index (χ2n) is 5.42. The number of benzene rings is 1. The van der Waals surface area contributed by atoms with Crippen LogP contribution in [0.15, 0.2) is 12.1 Å². The van der Waals surface area contributed by atoms with Gasteiger partial charge in [-0.3, -0.25) is 4.79 Å². The van der Waals surface area contributed by atoms with Crippen molar-refractivity contribution in [1.82, 2.24) is 5.32 Å². The first-order valence-corrected chi connectivity index (χ1v) is 7.55. The summed E-state index contributed by atoms with van der Waals surface area (Å²) >= 11 is 5.75. The van der Waals surface area contributed by atoms with Gasteiger partial charge in [0.25, 0.3) is 0 Å². The Balaban J connectivity index is 1.94. The van der Waals surface area contributed by atoms with Gasteiger partial charge >= 0.3 is 5.97 Å². The van der Waals surface area contributed by atoms with Crippen molar-refractivity contribution in [3.63, 3.8) is 0 Å². The van der Waals surface area contributed by atoms with Crippen LogP contribution in [0, 0.1) is 17.7 Å². The molecule has 1 aliphatic rings. The van der Waals surface area contributed by atoms with Gasteiger partial charge in [-0.15, -0.1) is 0 Å². The standard InChI is InChI=1S/C15H19ClFNO4/c16-11-5-10(14(19)13(17)6-11)7-18-8-12(15(20)21)9-1-3-22-4-2-9/h5-6,9,12,18-19H,1-4,7-8H2,(H,20,21). The average molecular weight is 332 g/mol. The van der Waals surface area contributed by atoms with E-state index >= 15 is 0 Å². The van der Waals surface area contributed by atoms with Gasteiger partial charge in [0.2, 0.25) is 0 Å². The summed E-state index contributed by atoms with van der Waals surface area (Å²) in [6.07, 6.45) is 1.44. The number of carboxylic acid groups (broad SMARTS) is 1. The molecule has 0 aromatic heterocycles. The fourth-order valence-electron chi connectivity index (χ4n) is 2.69. The van der Waals surface area contributed by atoms with Gasteiger partial charge in [-0.25, -0.2) is 4.39 Å². The smallest absolute Gasteiger partial charge is 0.308 e. The molecule has 3 N–H and O–H groups in total. The summed E-state index contributed by atoms with van der Waals surface area (Å²) in [4.78, 5) is 11.4. The molecule has 0 amide bonds. The zero-order valence-corrected chi connectivity index (χ0v) is 12.8. The van der Waals surface area contributed by atoms with Crippen LogP contribution >= 0.6 is 11.6 Å². The minimum absolute atomic E-state index is 0.0587. The van der Waals surface area contributed by atoms with E-state index in [4.69, 9.17) is 16.3 Å². The van der Waals surface area contributed by atoms with Gasteiger partial charge in [-0.2, -0.15) is 0 Å². The van der Waals surface area contributed by atoms with Crippen LogP contribution in [0.25, 0.3) is 0 Å². The van der Waals surface area contributed by atoms with Crippen LogP contribution in [0.1, 0.15) is 18.4 Å². The minimum atomic E-state index is -0.860. The van der Waals surface area contributed by atoms with Crippen molar-refractivity contribution in [2.75, 3.05) is 19.8 Å². The van der Waals surface area contributed by atoms with E-state index in [1.54, 1.807) is 0 Å². The van der Waals surface area contributed by atoms with Crippen molar-refractivity contribution in [2.45, 2.75) is 19.4 Å². The number of nitrogens with one attached hydrogen (secondary N) is 1. The third-order valence-corrected chi connectivity index (χ3v) is 4.16. The van der Waals surface area contributed by atoms with E-state index in [0.29, 0.717) is 18.8 Å². The number of hydrogen-bond donors (Lipinski definition) is 3. The summed E-state index contributed by atoms with van der Waals surface area (Å²) in [7, 11) is 0. The van der Waals surface area contributed by atoms with Crippen LogP contribution in [0.4, 0.5) is 4.39 Å². The molecule has 0 bridgehead atoms. The van der Waals surface area contributed by atoms with E-state index in [9.17, 15) is 19.4 Å². The van der Waals surface area contributed by atoms with Crippen molar-refractivity contribution in [1.29, 1.82) is 0 Å². The van der Waals surface area contributed by atoms with Crippen molar-refractivity contribution >= 4 is 17.6 Å². The Morgan fingerprint density at radius 1 is 1.45 bits per heavy atom. The van der Waals surface area contributed by atoms with Crippen LogP contribution in [-0.4, -0.2) is 35.9 Å². The topological polar surface area (TPSA) is 78.8 Å². The van der Waals surface area contributed by atoms with Crippen molar-refractivity contribution in [2.24, 2.45) is 11.8 Å². The molecule has 1 unspecified atom stereocenters. The maximum atomic E-state index is 13.4. The summed E-state index contributed by atoms with van der Waals surface area (Å²) in [6.45, 7) is 1.55. The van der Waals surface area contributed by atoms with Gasteiger partial charge in [0.15, 0.2) is 11.6 Å². The van der Waals surface area contributed by atoms with E-state index in [0.717, 1.165) is 18.9 Å². The molecule has 7 heteroatoms. The number of rotatable bonds is 6. The molecule has 1 saturated heterocycles. The Labute approximate surface area is 133 Å². The van der Waals surface area contributed by atoms with Gasteiger partial charge < -0.3 is 20.3 Å². The molecule has 0 radical (unpaired) electrons. The van der Waals surface area contributed by atoms with E-state index in [1.165, 1.54) is 6.07 Å². The van der Waals surface area contributed by atoms with Crippen LogP contribution < -0.4 is 5.32 Å². The zero-order valence-electron chi connectivity index (χ0n) is 12.0. The normalized spacial score (nSPS) is 17.4. The molecule has 122 valence electrons. The molecule has 0 spiro atoms. The summed E-state index contributed by atoms with van der Waals surface area (Å²) in [5.74, 6) is -2.59. The zero-order chi connectivity index (χ0) is 16.1. The van der Waals surface area contributed by atoms with E-state index in [2.05, 4.69) is 5.32 Å². The lowest BCUT2D eigenvalue weighted by atomic mass is 9.86. The van der Waals surface area contributed by atoms with Gasteiger partial charge in [0, 0.05) is 36.9 Å². The van der Waals surface area contributed by atoms with Crippen LogP contribution in [0.5, 0.6) is 5.75 Å². The summed E-state index contributed by atoms with van der Waals surface area (Å²) in [5.41, 5.74) is 0.307. The molecule has 1 aliphatic heterocycles. The number of halogens is 2. The number of aromatic hydroxyl groups is 1. The molecule has 1 aromatic rings. The predicted molar refractivity (Wildman–Crippen MR) is 79.5 cm³/mol. The highest BCUT2D eigenvalue weighted by Gasteiger charge is 2.29. The first kappa shape index (κ1) is 17.0. The average Bonchev–Trinajstić information content (AvgIpc) is 2.48. The molecular formula is C15H19ClFNO4. The first-order valence-electron chi connectivity index (χ1n) is 7.17. The molecular weight excluding hydrogens is 313 g/mol. The first-order chi connectivity index (χ1) is 10.5. The van der Waals surface area contributed by atoms with E-state index < -0.39 is 23.5 Å². The highest BCUT2D eigenvalue weighted by molar-refractivity contribution is 6.30. The van der Waals surface area contributed by atoms with E-state index in [1.807, 2.05) is 0 Å². The number of aliphatic carboxylic acids is 1. The summed E-state index contributed by atoms with van der Waals surface area (Å²) in [6, 6.07) is 2.49. The fraction of sp³-hybridized carbons (Fsp3) is 0.533. The number of phenolic OH excluding ortho intramolecular Hbond substituents is 1. The summed E-state index contributed by atoms with van der Waals surface area (Å²) in [5, 5.41) is 22.1. The third kappa shape index (κ3) is 4.32. The van der Waals surface area contributed by atoms with Crippen molar-refractivity contribution in [3.8, 4) is 5.75 Å². The Hall–Kier alpha value is -1.37. The number of phenols is 1. The Kier molecular flexibility index (Phi) is 5.99. The van der Waals surface area contributed by atoms with Gasteiger partial charge in [-0.1, -0.05) is 11.6 Å². The van der Waals surface area contributed by atoms with Crippen LogP contribution in [-0.2, 0) is 16.1 Å². The number of hydrogen-bond acceptors (Lipinski definition) is 4. The van der Waals surface area contributed by atoms with Crippen molar-refractivity contribution < 1.29 is 24.1 Å². The fourth-order valence-corrected chi connectivity index (χ4v) is 2.92. The maximum absolute atomic E-state index is 13.4. The Morgan fingerprint density at radius 3 is 2.77 bits per heavy atom. The second-order valence-corrected chi connectivity index (χ2v) is 5.86. The minimum Gasteiger partial charge on any atom is -0.505 e. The van der Waals surface area contributed by atoms with Gasteiger partial charge in [0.1, 0.15) is 0 Å². The number of carboxylic acids is 1. The molecule has 1 atom stereocenters. The largest absolute Gasteiger partial charge is 0.505 e.